The molecule has 15 heavy (non-hydrogen) atoms. The van der Waals surface area contributed by atoms with Gasteiger partial charge in [0.1, 0.15) is 0 Å². The molecule has 90 valence electrons. The molecule has 0 saturated heterocycles. The fourth-order valence-corrected chi connectivity index (χ4v) is 1.69. The molecule has 0 fully saturated rings. The van der Waals surface area contributed by atoms with Crippen LogP contribution >= 0.6 is 8.60 Å². The van der Waals surface area contributed by atoms with Gasteiger partial charge >= 0.3 is 8.60 Å². The van der Waals surface area contributed by atoms with E-state index in [1.54, 1.807) is 6.26 Å². The van der Waals surface area contributed by atoms with Crippen LogP contribution in [-0.2, 0) is 18.3 Å². The van der Waals surface area contributed by atoms with Crippen molar-refractivity contribution in [3.8, 4) is 0 Å². The third-order valence-electron chi connectivity index (χ3n) is 1.32. The first-order chi connectivity index (χ1) is 7.24. The van der Waals surface area contributed by atoms with E-state index < -0.39 is 8.60 Å². The summed E-state index contributed by atoms with van der Waals surface area (Å²) in [7, 11) is -1.20. The molecule has 0 radical (unpaired) electrons. The van der Waals surface area contributed by atoms with E-state index in [2.05, 4.69) is 0 Å². The molecule has 0 atom stereocenters. The summed E-state index contributed by atoms with van der Waals surface area (Å²) in [6, 6.07) is 0. The van der Waals surface area contributed by atoms with E-state index >= 15 is 0 Å². The highest BCUT2D eigenvalue weighted by molar-refractivity contribution is 7.41. The summed E-state index contributed by atoms with van der Waals surface area (Å²) in [6.07, 6.45) is 1.70. The zero-order valence-corrected chi connectivity index (χ0v) is 10.9. The fraction of sp³-hybridized carbons (Fsp3) is 0.800. The van der Waals surface area contributed by atoms with E-state index in [1.807, 2.05) is 27.7 Å². The molecule has 0 N–H and O–H groups in total. The largest absolute Gasteiger partial charge is 0.501 e. The van der Waals surface area contributed by atoms with E-state index in [9.17, 15) is 0 Å². The zero-order valence-electron chi connectivity index (χ0n) is 9.99. The van der Waals surface area contributed by atoms with Crippen LogP contribution in [0.25, 0.3) is 0 Å². The SMILES string of the molecule is CCO/C=C(/C)COP(OCC)OCC. The smallest absolute Gasteiger partial charge is 0.332 e. The summed E-state index contributed by atoms with van der Waals surface area (Å²) in [5.41, 5.74) is 1.02. The van der Waals surface area contributed by atoms with E-state index in [1.165, 1.54) is 0 Å². The van der Waals surface area contributed by atoms with Gasteiger partial charge in [0.15, 0.2) is 0 Å². The van der Waals surface area contributed by atoms with Crippen molar-refractivity contribution in [1.82, 2.24) is 0 Å². The summed E-state index contributed by atoms with van der Waals surface area (Å²) in [5, 5.41) is 0. The Bertz CT molecular complexity index is 167. The maximum atomic E-state index is 5.45. The minimum absolute atomic E-state index is 0.478. The van der Waals surface area contributed by atoms with Crippen molar-refractivity contribution in [3.05, 3.63) is 11.8 Å². The summed E-state index contributed by atoms with van der Waals surface area (Å²) in [5.74, 6) is 0. The quantitative estimate of drug-likeness (QED) is 0.455. The van der Waals surface area contributed by atoms with Crippen LogP contribution in [-0.4, -0.2) is 26.4 Å². The first-order valence-corrected chi connectivity index (χ1v) is 6.30. The van der Waals surface area contributed by atoms with Crippen molar-refractivity contribution in [1.29, 1.82) is 0 Å². The highest BCUT2D eigenvalue weighted by Crippen LogP contribution is 2.39. The molecule has 4 nitrogen and oxygen atoms in total. The normalized spacial score (nSPS) is 12.2. The van der Waals surface area contributed by atoms with Crippen molar-refractivity contribution in [3.63, 3.8) is 0 Å². The predicted octanol–water partition coefficient (Wildman–Crippen LogP) is 3.24. The summed E-state index contributed by atoms with van der Waals surface area (Å²) >= 11 is 0. The molecule has 0 aliphatic rings. The molecule has 0 rings (SSSR count). The average molecular weight is 236 g/mol. The van der Waals surface area contributed by atoms with E-state index in [0.717, 1.165) is 5.57 Å². The van der Waals surface area contributed by atoms with Gasteiger partial charge in [-0.05, 0) is 33.3 Å². The summed E-state index contributed by atoms with van der Waals surface area (Å²) in [4.78, 5) is 0. The molecular weight excluding hydrogens is 215 g/mol. The lowest BCUT2D eigenvalue weighted by molar-refractivity contribution is 0.177. The summed E-state index contributed by atoms with van der Waals surface area (Å²) in [6.45, 7) is 10.1. The van der Waals surface area contributed by atoms with Crippen LogP contribution in [0.1, 0.15) is 27.7 Å². The van der Waals surface area contributed by atoms with Crippen LogP contribution in [0.15, 0.2) is 11.8 Å². The van der Waals surface area contributed by atoms with Crippen molar-refractivity contribution < 1.29 is 18.3 Å². The number of ether oxygens (including phenoxy) is 1. The molecule has 0 bridgehead atoms. The van der Waals surface area contributed by atoms with Gasteiger partial charge in [-0.25, -0.2) is 0 Å². The van der Waals surface area contributed by atoms with Gasteiger partial charge in [-0.2, -0.15) is 0 Å². The topological polar surface area (TPSA) is 36.9 Å². The van der Waals surface area contributed by atoms with Crippen LogP contribution in [0.5, 0.6) is 0 Å². The Balaban J connectivity index is 3.76. The molecule has 0 aromatic rings. The molecular formula is C10H21O4P. The molecule has 0 heterocycles. The number of rotatable bonds is 9. The summed E-state index contributed by atoms with van der Waals surface area (Å²) < 4.78 is 21.2. The molecule has 0 spiro atoms. The Morgan fingerprint density at radius 3 is 2.07 bits per heavy atom. The molecule has 0 aromatic heterocycles. The zero-order chi connectivity index (χ0) is 11.5. The van der Waals surface area contributed by atoms with Crippen molar-refractivity contribution in [2.45, 2.75) is 27.7 Å². The van der Waals surface area contributed by atoms with E-state index in [0.29, 0.717) is 26.4 Å². The second-order valence-corrected chi connectivity index (χ2v) is 3.97. The van der Waals surface area contributed by atoms with Crippen LogP contribution in [0.2, 0.25) is 0 Å². The number of hydrogen-bond donors (Lipinski definition) is 0. The van der Waals surface area contributed by atoms with Crippen molar-refractivity contribution in [2.24, 2.45) is 0 Å². The fourth-order valence-electron chi connectivity index (χ4n) is 0.737. The maximum Gasteiger partial charge on any atom is 0.332 e. The number of hydrogen-bond acceptors (Lipinski definition) is 4. The van der Waals surface area contributed by atoms with Gasteiger partial charge in [-0.1, -0.05) is 0 Å². The second kappa shape index (κ2) is 10.4. The van der Waals surface area contributed by atoms with Crippen LogP contribution < -0.4 is 0 Å². The third kappa shape index (κ3) is 8.82. The van der Waals surface area contributed by atoms with Crippen LogP contribution in [0.4, 0.5) is 0 Å². The van der Waals surface area contributed by atoms with E-state index in [-0.39, 0.29) is 0 Å². The Morgan fingerprint density at radius 2 is 1.60 bits per heavy atom. The minimum Gasteiger partial charge on any atom is -0.501 e. The molecule has 0 amide bonds. The standard InChI is InChI=1S/C10H21O4P/c1-5-11-8-10(4)9-14-15(12-6-2)13-7-3/h8H,5-7,9H2,1-4H3/b10-8-. The van der Waals surface area contributed by atoms with Gasteiger partial charge in [0.2, 0.25) is 0 Å². The molecule has 0 aliphatic heterocycles. The first kappa shape index (κ1) is 14.8. The van der Waals surface area contributed by atoms with Gasteiger partial charge < -0.3 is 18.3 Å². The lowest BCUT2D eigenvalue weighted by Crippen LogP contribution is -1.98. The second-order valence-electron chi connectivity index (χ2n) is 2.75. The minimum atomic E-state index is -1.20. The molecule has 0 aliphatic carbocycles. The van der Waals surface area contributed by atoms with Gasteiger partial charge in [-0.15, -0.1) is 0 Å². The first-order valence-electron chi connectivity index (χ1n) is 5.20. The lowest BCUT2D eigenvalue weighted by Gasteiger charge is -2.14. The molecule has 5 heteroatoms. The lowest BCUT2D eigenvalue weighted by atomic mass is 10.4. The van der Waals surface area contributed by atoms with Gasteiger partial charge in [-0.3, -0.25) is 0 Å². The molecule has 0 aromatic carbocycles. The molecule has 0 saturated carbocycles. The monoisotopic (exact) mass is 236 g/mol. The highest BCUT2D eigenvalue weighted by Gasteiger charge is 2.10. The third-order valence-corrected chi connectivity index (χ3v) is 2.60. The Kier molecular flexibility index (Phi) is 10.3. The Hall–Kier alpha value is -0.150. The van der Waals surface area contributed by atoms with E-state index in [4.69, 9.17) is 18.3 Å². The van der Waals surface area contributed by atoms with Gasteiger partial charge in [0.25, 0.3) is 0 Å². The van der Waals surface area contributed by atoms with Crippen LogP contribution in [0, 0.1) is 0 Å². The highest BCUT2D eigenvalue weighted by atomic mass is 31.2. The Labute approximate surface area is 93.5 Å². The van der Waals surface area contributed by atoms with Crippen molar-refractivity contribution in [2.75, 3.05) is 26.4 Å². The van der Waals surface area contributed by atoms with Gasteiger partial charge in [0, 0.05) is 0 Å². The Morgan fingerprint density at radius 1 is 1.00 bits per heavy atom. The maximum absolute atomic E-state index is 5.45. The van der Waals surface area contributed by atoms with Gasteiger partial charge in [0.05, 0.1) is 32.7 Å². The average Bonchev–Trinajstić information content (AvgIpc) is 2.23. The van der Waals surface area contributed by atoms with Crippen LogP contribution in [0.3, 0.4) is 0 Å². The van der Waals surface area contributed by atoms with Crippen molar-refractivity contribution >= 4 is 8.60 Å². The molecule has 0 unspecified atom stereocenters. The predicted molar refractivity (Wildman–Crippen MR) is 61.5 cm³/mol.